The van der Waals surface area contributed by atoms with E-state index in [0.717, 1.165) is 16.9 Å². The molecule has 0 radical (unpaired) electrons. The van der Waals surface area contributed by atoms with Crippen molar-refractivity contribution >= 4 is 11.6 Å². The van der Waals surface area contributed by atoms with E-state index in [2.05, 4.69) is 6.07 Å². The average Bonchev–Trinajstić information content (AvgIpc) is 2.92. The zero-order valence-corrected chi connectivity index (χ0v) is 11.4. The maximum Gasteiger partial charge on any atom is 0.231 e. The van der Waals surface area contributed by atoms with Crippen molar-refractivity contribution in [3.05, 3.63) is 58.6 Å². The molecule has 0 bridgehead atoms. The summed E-state index contributed by atoms with van der Waals surface area (Å²) in [5.74, 6) is 1.20. The predicted octanol–water partition coefficient (Wildman–Crippen LogP) is 3.92. The van der Waals surface area contributed by atoms with Gasteiger partial charge in [-0.15, -0.1) is 0 Å². The van der Waals surface area contributed by atoms with E-state index in [1.54, 1.807) is 0 Å². The largest absolute Gasteiger partial charge is 0.454 e. The van der Waals surface area contributed by atoms with Gasteiger partial charge in [0.25, 0.3) is 0 Å². The Bertz CT molecular complexity index is 678. The van der Waals surface area contributed by atoms with Crippen LogP contribution in [0.4, 0.5) is 0 Å². The highest BCUT2D eigenvalue weighted by Gasteiger charge is 2.18. The van der Waals surface area contributed by atoms with Gasteiger partial charge in [0.15, 0.2) is 11.5 Å². The Kier molecular flexibility index (Phi) is 3.49. The van der Waals surface area contributed by atoms with Crippen molar-refractivity contribution < 1.29 is 9.47 Å². The second-order valence-electron chi connectivity index (χ2n) is 4.63. The molecule has 2 aromatic rings. The lowest BCUT2D eigenvalue weighted by Crippen LogP contribution is -2.00. The number of benzene rings is 2. The summed E-state index contributed by atoms with van der Waals surface area (Å²) in [5, 5.41) is 10.1. The van der Waals surface area contributed by atoms with Crippen LogP contribution in [0.5, 0.6) is 11.5 Å². The SMILES string of the molecule is N#CC(Cc1cccc(Cl)c1)c1ccc2c(c1)OCO2. The van der Waals surface area contributed by atoms with Gasteiger partial charge in [0.05, 0.1) is 12.0 Å². The molecule has 0 aromatic heterocycles. The van der Waals surface area contributed by atoms with E-state index in [9.17, 15) is 5.26 Å². The Hall–Kier alpha value is -2.18. The minimum absolute atomic E-state index is 0.233. The topological polar surface area (TPSA) is 42.2 Å². The fourth-order valence-electron chi connectivity index (χ4n) is 2.27. The maximum absolute atomic E-state index is 9.40. The minimum Gasteiger partial charge on any atom is -0.454 e. The first-order valence-electron chi connectivity index (χ1n) is 6.30. The minimum atomic E-state index is -0.233. The number of hydrogen-bond donors (Lipinski definition) is 0. The molecular formula is C16H12ClNO2. The molecule has 0 saturated carbocycles. The molecule has 4 heteroatoms. The second-order valence-corrected chi connectivity index (χ2v) is 5.06. The first-order chi connectivity index (χ1) is 9.76. The second kappa shape index (κ2) is 5.44. The summed E-state index contributed by atoms with van der Waals surface area (Å²) >= 11 is 5.97. The van der Waals surface area contributed by atoms with Crippen LogP contribution in [0.3, 0.4) is 0 Å². The number of halogens is 1. The number of rotatable bonds is 3. The van der Waals surface area contributed by atoms with E-state index in [1.165, 1.54) is 0 Å². The summed E-state index contributed by atoms with van der Waals surface area (Å²) in [6.07, 6.45) is 0.622. The normalized spacial score (nSPS) is 13.8. The van der Waals surface area contributed by atoms with Crippen LogP contribution < -0.4 is 9.47 Å². The van der Waals surface area contributed by atoms with Crippen LogP contribution in [0, 0.1) is 11.3 Å². The number of nitriles is 1. The highest BCUT2D eigenvalue weighted by atomic mass is 35.5. The Balaban J connectivity index is 1.85. The van der Waals surface area contributed by atoms with Crippen LogP contribution in [0.2, 0.25) is 5.02 Å². The lowest BCUT2D eigenvalue weighted by molar-refractivity contribution is 0.174. The first-order valence-corrected chi connectivity index (χ1v) is 6.67. The van der Waals surface area contributed by atoms with Crippen LogP contribution in [0.25, 0.3) is 0 Å². The van der Waals surface area contributed by atoms with E-state index >= 15 is 0 Å². The van der Waals surface area contributed by atoms with Gasteiger partial charge < -0.3 is 9.47 Å². The number of nitrogens with zero attached hydrogens (tertiary/aromatic N) is 1. The predicted molar refractivity (Wildman–Crippen MR) is 76.1 cm³/mol. The Labute approximate surface area is 122 Å². The monoisotopic (exact) mass is 285 g/mol. The summed E-state index contributed by atoms with van der Waals surface area (Å²) in [7, 11) is 0. The summed E-state index contributed by atoms with van der Waals surface area (Å²) in [4.78, 5) is 0. The smallest absolute Gasteiger partial charge is 0.231 e. The molecule has 1 unspecified atom stereocenters. The fourth-order valence-corrected chi connectivity index (χ4v) is 2.48. The molecule has 0 fully saturated rings. The van der Waals surface area contributed by atoms with Crippen molar-refractivity contribution in [2.45, 2.75) is 12.3 Å². The third-order valence-electron chi connectivity index (χ3n) is 3.28. The highest BCUT2D eigenvalue weighted by Crippen LogP contribution is 2.35. The van der Waals surface area contributed by atoms with Gasteiger partial charge in [0.1, 0.15) is 0 Å². The lowest BCUT2D eigenvalue weighted by Gasteiger charge is -2.10. The number of hydrogen-bond acceptors (Lipinski definition) is 3. The summed E-state index contributed by atoms with van der Waals surface area (Å²) in [6, 6.07) is 15.6. The first kappa shape index (κ1) is 12.8. The van der Waals surface area contributed by atoms with Crippen molar-refractivity contribution in [3.63, 3.8) is 0 Å². The molecule has 0 N–H and O–H groups in total. The molecule has 20 heavy (non-hydrogen) atoms. The molecule has 1 aliphatic rings. The third-order valence-corrected chi connectivity index (χ3v) is 3.52. The zero-order chi connectivity index (χ0) is 13.9. The maximum atomic E-state index is 9.40. The molecule has 0 aliphatic carbocycles. The molecule has 100 valence electrons. The Morgan fingerprint density at radius 2 is 2.00 bits per heavy atom. The summed E-state index contributed by atoms with van der Waals surface area (Å²) in [6.45, 7) is 0.240. The number of ether oxygens (including phenoxy) is 2. The van der Waals surface area contributed by atoms with Gasteiger partial charge in [-0.2, -0.15) is 5.26 Å². The van der Waals surface area contributed by atoms with Gasteiger partial charge >= 0.3 is 0 Å². The van der Waals surface area contributed by atoms with Crippen molar-refractivity contribution in [1.29, 1.82) is 5.26 Å². The van der Waals surface area contributed by atoms with Crippen molar-refractivity contribution in [2.24, 2.45) is 0 Å². The van der Waals surface area contributed by atoms with Gasteiger partial charge in [-0.25, -0.2) is 0 Å². The molecule has 1 aliphatic heterocycles. The molecule has 0 saturated heterocycles. The highest BCUT2D eigenvalue weighted by molar-refractivity contribution is 6.30. The van der Waals surface area contributed by atoms with Crippen LogP contribution in [-0.2, 0) is 6.42 Å². The Morgan fingerprint density at radius 1 is 1.15 bits per heavy atom. The number of fused-ring (bicyclic) bond motifs is 1. The van der Waals surface area contributed by atoms with Gasteiger partial charge in [-0.1, -0.05) is 29.8 Å². The lowest BCUT2D eigenvalue weighted by atomic mass is 9.93. The zero-order valence-electron chi connectivity index (χ0n) is 10.7. The van der Waals surface area contributed by atoms with Crippen LogP contribution in [0.1, 0.15) is 17.0 Å². The molecular weight excluding hydrogens is 274 g/mol. The molecule has 1 atom stereocenters. The van der Waals surface area contributed by atoms with Gasteiger partial charge in [0.2, 0.25) is 6.79 Å². The average molecular weight is 286 g/mol. The van der Waals surface area contributed by atoms with Crippen LogP contribution >= 0.6 is 11.6 Å². The standard InChI is InChI=1S/C16H12ClNO2/c17-14-3-1-2-11(7-14)6-13(9-18)12-4-5-15-16(8-12)20-10-19-15/h1-5,7-8,13H,6,10H2. The third kappa shape index (κ3) is 2.56. The summed E-state index contributed by atoms with van der Waals surface area (Å²) in [5.41, 5.74) is 1.97. The van der Waals surface area contributed by atoms with Crippen LogP contribution in [-0.4, -0.2) is 6.79 Å². The fraction of sp³-hybridized carbons (Fsp3) is 0.188. The quantitative estimate of drug-likeness (QED) is 0.858. The van der Waals surface area contributed by atoms with Crippen LogP contribution in [0.15, 0.2) is 42.5 Å². The van der Waals surface area contributed by atoms with Crippen molar-refractivity contribution in [1.82, 2.24) is 0 Å². The van der Waals surface area contributed by atoms with E-state index in [-0.39, 0.29) is 12.7 Å². The van der Waals surface area contributed by atoms with Crippen molar-refractivity contribution in [2.75, 3.05) is 6.79 Å². The van der Waals surface area contributed by atoms with Gasteiger partial charge in [-0.05, 0) is 41.8 Å². The molecule has 3 rings (SSSR count). The molecule has 1 heterocycles. The summed E-state index contributed by atoms with van der Waals surface area (Å²) < 4.78 is 10.6. The van der Waals surface area contributed by atoms with Gasteiger partial charge in [-0.3, -0.25) is 0 Å². The van der Waals surface area contributed by atoms with Crippen molar-refractivity contribution in [3.8, 4) is 17.6 Å². The van der Waals surface area contributed by atoms with E-state index in [0.29, 0.717) is 17.2 Å². The Morgan fingerprint density at radius 3 is 2.80 bits per heavy atom. The van der Waals surface area contributed by atoms with E-state index < -0.39 is 0 Å². The molecule has 3 nitrogen and oxygen atoms in total. The van der Waals surface area contributed by atoms with Gasteiger partial charge in [0, 0.05) is 5.02 Å². The molecule has 2 aromatic carbocycles. The molecule has 0 amide bonds. The molecule has 0 spiro atoms. The van der Waals surface area contributed by atoms with E-state index in [4.69, 9.17) is 21.1 Å². The van der Waals surface area contributed by atoms with E-state index in [1.807, 2.05) is 42.5 Å².